The Morgan fingerprint density at radius 2 is 1.23 bits per heavy atom. The first-order chi connectivity index (χ1) is 19.4. The van der Waals surface area contributed by atoms with Crippen molar-refractivity contribution in [2.24, 2.45) is 0 Å². The second kappa shape index (κ2) is 11.1. The van der Waals surface area contributed by atoms with Gasteiger partial charge in [-0.15, -0.1) is 0 Å². The molecule has 1 unspecified atom stereocenters. The number of morpholine rings is 1. The number of ether oxygens (including phenoxy) is 1. The van der Waals surface area contributed by atoms with Crippen LogP contribution in [0.3, 0.4) is 0 Å². The van der Waals surface area contributed by atoms with E-state index in [1.165, 1.54) is 0 Å². The summed E-state index contributed by atoms with van der Waals surface area (Å²) in [4.78, 5) is 9.33. The second-order valence-corrected chi connectivity index (χ2v) is 11.3. The number of β-amino-alcohol motifs (C(OH)–C–C–N with tert-alkyl or cyclic N) is 1. The molecule has 0 spiro atoms. The SMILES string of the molecule is CN1CCN(c2ccc(N)c(-c3cc(N)c(-c4cc(N5CCOCC5)ccc4N)cc3N3CCC(O)C3)c2)CC1. The first kappa shape index (κ1) is 26.6. The number of aliphatic hydroxyl groups is 1. The molecule has 40 heavy (non-hydrogen) atoms. The van der Waals surface area contributed by atoms with Crippen LogP contribution in [0.2, 0.25) is 0 Å². The summed E-state index contributed by atoms with van der Waals surface area (Å²) in [7, 11) is 2.16. The molecule has 0 aromatic heterocycles. The summed E-state index contributed by atoms with van der Waals surface area (Å²) in [5.41, 5.74) is 29.0. The summed E-state index contributed by atoms with van der Waals surface area (Å²) in [6.07, 6.45) is 0.363. The third kappa shape index (κ3) is 5.24. The maximum absolute atomic E-state index is 10.4. The minimum absolute atomic E-state index is 0.363. The molecule has 3 aliphatic heterocycles. The molecule has 3 saturated heterocycles. The average molecular weight is 544 g/mol. The molecule has 0 aliphatic carbocycles. The van der Waals surface area contributed by atoms with Gasteiger partial charge in [0.05, 0.1) is 19.3 Å². The molecule has 3 heterocycles. The highest BCUT2D eigenvalue weighted by molar-refractivity contribution is 5.96. The zero-order valence-corrected chi connectivity index (χ0v) is 23.4. The predicted octanol–water partition coefficient (Wildman–Crippen LogP) is 2.93. The molecule has 1 atom stereocenters. The first-order valence-electron chi connectivity index (χ1n) is 14.3. The van der Waals surface area contributed by atoms with Crippen molar-refractivity contribution in [3.63, 3.8) is 0 Å². The second-order valence-electron chi connectivity index (χ2n) is 11.3. The van der Waals surface area contributed by atoms with Crippen molar-refractivity contribution in [3.05, 3.63) is 48.5 Å². The molecule has 6 rings (SSSR count). The molecular weight excluding hydrogens is 502 g/mol. The Bertz CT molecular complexity index is 1370. The highest BCUT2D eigenvalue weighted by Gasteiger charge is 2.26. The lowest BCUT2D eigenvalue weighted by molar-refractivity contribution is 0.122. The average Bonchev–Trinajstić information content (AvgIpc) is 3.40. The van der Waals surface area contributed by atoms with E-state index in [4.69, 9.17) is 21.9 Å². The fraction of sp³-hybridized carbons (Fsp3) is 0.419. The van der Waals surface area contributed by atoms with E-state index in [9.17, 15) is 5.11 Å². The first-order valence-corrected chi connectivity index (χ1v) is 14.3. The van der Waals surface area contributed by atoms with E-state index in [-0.39, 0.29) is 6.10 Å². The third-order valence-corrected chi connectivity index (χ3v) is 8.57. The van der Waals surface area contributed by atoms with Crippen LogP contribution in [0.4, 0.5) is 34.1 Å². The number of anilines is 6. The van der Waals surface area contributed by atoms with Crippen LogP contribution in [0.15, 0.2) is 48.5 Å². The lowest BCUT2D eigenvalue weighted by atomic mass is 9.93. The van der Waals surface area contributed by atoms with E-state index in [0.29, 0.717) is 36.8 Å². The Morgan fingerprint density at radius 3 is 1.82 bits per heavy atom. The highest BCUT2D eigenvalue weighted by atomic mass is 16.5. The van der Waals surface area contributed by atoms with E-state index < -0.39 is 0 Å². The van der Waals surface area contributed by atoms with Crippen molar-refractivity contribution in [2.45, 2.75) is 12.5 Å². The van der Waals surface area contributed by atoms with Gasteiger partial charge >= 0.3 is 0 Å². The molecule has 3 aromatic rings. The number of nitrogens with zero attached hydrogens (tertiary/aromatic N) is 4. The van der Waals surface area contributed by atoms with E-state index in [1.807, 2.05) is 18.2 Å². The summed E-state index contributed by atoms with van der Waals surface area (Å²) >= 11 is 0. The van der Waals surface area contributed by atoms with Crippen LogP contribution in [0.25, 0.3) is 22.3 Å². The number of rotatable bonds is 5. The van der Waals surface area contributed by atoms with Gasteiger partial charge in [0, 0.05) is 109 Å². The molecule has 3 aliphatic rings. The van der Waals surface area contributed by atoms with Crippen LogP contribution in [0.1, 0.15) is 6.42 Å². The zero-order valence-electron chi connectivity index (χ0n) is 23.4. The van der Waals surface area contributed by atoms with Gasteiger partial charge in [0.1, 0.15) is 0 Å². The van der Waals surface area contributed by atoms with Crippen molar-refractivity contribution < 1.29 is 9.84 Å². The smallest absolute Gasteiger partial charge is 0.0731 e. The van der Waals surface area contributed by atoms with Gasteiger partial charge in [-0.2, -0.15) is 0 Å². The van der Waals surface area contributed by atoms with Gasteiger partial charge in [0.25, 0.3) is 0 Å². The summed E-state index contributed by atoms with van der Waals surface area (Å²) < 4.78 is 5.55. The quantitative estimate of drug-likeness (QED) is 0.360. The maximum Gasteiger partial charge on any atom is 0.0731 e. The van der Waals surface area contributed by atoms with Crippen LogP contribution in [0, 0.1) is 0 Å². The van der Waals surface area contributed by atoms with E-state index >= 15 is 0 Å². The minimum Gasteiger partial charge on any atom is -0.398 e. The normalized spacial score (nSPS) is 20.4. The number of benzene rings is 3. The maximum atomic E-state index is 10.4. The van der Waals surface area contributed by atoms with Gasteiger partial charge in [-0.1, -0.05) is 0 Å². The summed E-state index contributed by atoms with van der Waals surface area (Å²) in [5.74, 6) is 0. The molecule has 0 radical (unpaired) electrons. The van der Waals surface area contributed by atoms with Gasteiger partial charge in [0.2, 0.25) is 0 Å². The van der Waals surface area contributed by atoms with Crippen LogP contribution in [0.5, 0.6) is 0 Å². The van der Waals surface area contributed by atoms with Crippen molar-refractivity contribution in [1.29, 1.82) is 0 Å². The molecule has 7 N–H and O–H groups in total. The van der Waals surface area contributed by atoms with Crippen LogP contribution >= 0.6 is 0 Å². The predicted molar refractivity (Wildman–Crippen MR) is 166 cm³/mol. The standard InChI is InChI=1S/C31H41N7O2/c1-35-8-10-36(11-9-35)21-2-5-29(33)25(17-21)27-18-30(34)26(19-31(27)38-7-6-23(39)20-38)24-16-22(3-4-28(24)32)37-12-14-40-15-13-37/h2-5,16-19,23,39H,6-15,20,32-34H2,1H3. The van der Waals surface area contributed by atoms with Gasteiger partial charge in [-0.3, -0.25) is 0 Å². The van der Waals surface area contributed by atoms with Gasteiger partial charge in [-0.25, -0.2) is 0 Å². The number of nitrogens with two attached hydrogens (primary N) is 3. The Morgan fingerprint density at radius 1 is 0.650 bits per heavy atom. The number of nitrogen functional groups attached to an aromatic ring is 3. The monoisotopic (exact) mass is 543 g/mol. The zero-order chi connectivity index (χ0) is 27.8. The fourth-order valence-electron chi connectivity index (χ4n) is 6.11. The third-order valence-electron chi connectivity index (χ3n) is 8.57. The van der Waals surface area contributed by atoms with Crippen molar-refractivity contribution in [2.75, 3.05) is 105 Å². The molecule has 212 valence electrons. The van der Waals surface area contributed by atoms with Crippen LogP contribution < -0.4 is 31.9 Å². The molecule has 0 bridgehead atoms. The highest BCUT2D eigenvalue weighted by Crippen LogP contribution is 2.44. The summed E-state index contributed by atoms with van der Waals surface area (Å²) in [6, 6.07) is 16.6. The largest absolute Gasteiger partial charge is 0.398 e. The number of aliphatic hydroxyl groups excluding tert-OH is 1. The van der Waals surface area contributed by atoms with Crippen molar-refractivity contribution in [3.8, 4) is 22.3 Å². The Kier molecular flexibility index (Phi) is 7.35. The summed E-state index contributed by atoms with van der Waals surface area (Å²) in [6.45, 7) is 8.47. The van der Waals surface area contributed by atoms with Crippen molar-refractivity contribution >= 4 is 34.1 Å². The van der Waals surface area contributed by atoms with E-state index in [2.05, 4.69) is 57.0 Å². The molecule has 9 nitrogen and oxygen atoms in total. The number of hydrogen-bond donors (Lipinski definition) is 4. The van der Waals surface area contributed by atoms with Crippen LogP contribution in [-0.4, -0.2) is 88.7 Å². The lowest BCUT2D eigenvalue weighted by Crippen LogP contribution is -2.44. The van der Waals surface area contributed by atoms with E-state index in [0.717, 1.165) is 91.6 Å². The van der Waals surface area contributed by atoms with Crippen LogP contribution in [-0.2, 0) is 4.74 Å². The number of hydrogen-bond acceptors (Lipinski definition) is 9. The fourth-order valence-corrected chi connectivity index (χ4v) is 6.11. The van der Waals surface area contributed by atoms with Gasteiger partial charge in [0.15, 0.2) is 0 Å². The lowest BCUT2D eigenvalue weighted by Gasteiger charge is -2.34. The Labute approximate surface area is 236 Å². The summed E-state index contributed by atoms with van der Waals surface area (Å²) in [5, 5.41) is 10.4. The molecule has 0 amide bonds. The minimum atomic E-state index is -0.363. The Hall–Kier alpha value is -3.66. The topological polar surface area (TPSA) is 120 Å². The molecule has 0 saturated carbocycles. The number of likely N-dealkylation sites (N-methyl/N-ethyl adjacent to an activating group) is 1. The molecule has 3 fully saturated rings. The number of piperazine rings is 1. The van der Waals surface area contributed by atoms with Gasteiger partial charge < -0.3 is 46.6 Å². The Balaban J connectivity index is 1.44. The molecule has 9 heteroatoms. The molecular formula is C31H41N7O2. The molecule has 3 aromatic carbocycles. The van der Waals surface area contributed by atoms with Gasteiger partial charge in [-0.05, 0) is 62.0 Å². The van der Waals surface area contributed by atoms with E-state index in [1.54, 1.807) is 0 Å². The van der Waals surface area contributed by atoms with Crippen molar-refractivity contribution in [1.82, 2.24) is 4.90 Å².